The molecule has 0 saturated heterocycles. The minimum absolute atomic E-state index is 0.0561. The third kappa shape index (κ3) is 2.66. The summed E-state index contributed by atoms with van der Waals surface area (Å²) in [6.45, 7) is 0.200. The number of benzene rings is 2. The molecule has 0 heterocycles. The second kappa shape index (κ2) is 4.74. The van der Waals surface area contributed by atoms with Crippen LogP contribution >= 0.6 is 0 Å². The Bertz CT molecular complexity index is 491. The van der Waals surface area contributed by atoms with Gasteiger partial charge in [0.1, 0.15) is 12.4 Å². The molecule has 88 valence electrons. The van der Waals surface area contributed by atoms with Crippen LogP contribution in [0, 0.1) is 5.82 Å². The van der Waals surface area contributed by atoms with Gasteiger partial charge in [-0.25, -0.2) is 4.39 Å². The van der Waals surface area contributed by atoms with E-state index >= 15 is 0 Å². The monoisotopic (exact) mass is 233 g/mol. The molecule has 0 aliphatic heterocycles. The highest BCUT2D eigenvalue weighted by atomic mass is 19.1. The van der Waals surface area contributed by atoms with E-state index in [1.54, 1.807) is 30.3 Å². The molecule has 0 aliphatic rings. The maximum atomic E-state index is 13.4. The van der Waals surface area contributed by atoms with Gasteiger partial charge in [-0.2, -0.15) is 0 Å². The van der Waals surface area contributed by atoms with Crippen molar-refractivity contribution >= 4 is 5.69 Å². The first-order valence-corrected chi connectivity index (χ1v) is 5.11. The second-order valence-corrected chi connectivity index (χ2v) is 3.61. The van der Waals surface area contributed by atoms with Crippen LogP contribution in [-0.4, -0.2) is 5.11 Å². The van der Waals surface area contributed by atoms with E-state index in [0.717, 1.165) is 5.56 Å². The number of para-hydroxylation sites is 1. The zero-order valence-electron chi connectivity index (χ0n) is 9.06. The molecule has 0 saturated carbocycles. The second-order valence-electron chi connectivity index (χ2n) is 3.61. The predicted molar refractivity (Wildman–Crippen MR) is 63.3 cm³/mol. The van der Waals surface area contributed by atoms with Gasteiger partial charge < -0.3 is 15.6 Å². The molecule has 0 amide bonds. The van der Waals surface area contributed by atoms with Crippen LogP contribution in [0.1, 0.15) is 5.56 Å². The van der Waals surface area contributed by atoms with E-state index in [1.807, 2.05) is 0 Å². The normalized spacial score (nSPS) is 10.2. The van der Waals surface area contributed by atoms with Crippen LogP contribution in [0.5, 0.6) is 11.5 Å². The van der Waals surface area contributed by atoms with Crippen molar-refractivity contribution in [2.24, 2.45) is 0 Å². The summed E-state index contributed by atoms with van der Waals surface area (Å²) in [6.07, 6.45) is 0. The summed E-state index contributed by atoms with van der Waals surface area (Å²) in [6, 6.07) is 10.9. The third-order valence-electron chi connectivity index (χ3n) is 2.32. The zero-order valence-corrected chi connectivity index (χ0v) is 9.06. The van der Waals surface area contributed by atoms with E-state index in [-0.39, 0.29) is 23.8 Å². The van der Waals surface area contributed by atoms with Gasteiger partial charge >= 0.3 is 0 Å². The number of halogens is 1. The first-order chi connectivity index (χ1) is 8.16. The Labute approximate surface area is 98.3 Å². The molecule has 2 aromatic carbocycles. The minimum atomic E-state index is -0.483. The fraction of sp³-hybridized carbons (Fsp3) is 0.0769. The van der Waals surface area contributed by atoms with Crippen molar-refractivity contribution in [3.05, 3.63) is 53.8 Å². The lowest BCUT2D eigenvalue weighted by Gasteiger charge is -2.09. The number of ether oxygens (including phenoxy) is 1. The highest BCUT2D eigenvalue weighted by Gasteiger charge is 2.07. The van der Waals surface area contributed by atoms with Crippen LogP contribution in [-0.2, 0) is 6.61 Å². The average Bonchev–Trinajstić information content (AvgIpc) is 2.31. The molecule has 0 aromatic heterocycles. The van der Waals surface area contributed by atoms with Gasteiger partial charge in [0, 0.05) is 0 Å². The molecule has 2 rings (SSSR count). The Balaban J connectivity index is 2.10. The van der Waals surface area contributed by atoms with Crippen LogP contribution in [0.4, 0.5) is 10.1 Å². The Hall–Kier alpha value is -2.23. The summed E-state index contributed by atoms with van der Waals surface area (Å²) in [5.74, 6) is -0.247. The lowest BCUT2D eigenvalue weighted by molar-refractivity contribution is 0.292. The fourth-order valence-electron chi connectivity index (χ4n) is 1.43. The van der Waals surface area contributed by atoms with Crippen LogP contribution in [0.25, 0.3) is 0 Å². The number of hydrogen-bond donors (Lipinski definition) is 2. The summed E-state index contributed by atoms with van der Waals surface area (Å²) in [5, 5.41) is 9.11. The topological polar surface area (TPSA) is 55.5 Å². The van der Waals surface area contributed by atoms with Crippen molar-refractivity contribution in [2.75, 3.05) is 5.73 Å². The maximum Gasteiger partial charge on any atom is 0.178 e. The molecule has 0 aliphatic carbocycles. The summed E-state index contributed by atoms with van der Waals surface area (Å²) < 4.78 is 18.7. The van der Waals surface area contributed by atoms with E-state index in [2.05, 4.69) is 0 Å². The molecule has 4 heteroatoms. The van der Waals surface area contributed by atoms with Gasteiger partial charge in [0.25, 0.3) is 0 Å². The largest absolute Gasteiger partial charge is 0.508 e. The van der Waals surface area contributed by atoms with Crippen LogP contribution in [0.2, 0.25) is 0 Å². The predicted octanol–water partition coefficient (Wildman–Crippen LogP) is 2.69. The average molecular weight is 233 g/mol. The van der Waals surface area contributed by atoms with Crippen molar-refractivity contribution in [2.45, 2.75) is 6.61 Å². The van der Waals surface area contributed by atoms with Crippen LogP contribution in [0.15, 0.2) is 42.5 Å². The summed E-state index contributed by atoms with van der Waals surface area (Å²) in [4.78, 5) is 0. The molecule has 3 nitrogen and oxygen atoms in total. The molecule has 0 fully saturated rings. The van der Waals surface area contributed by atoms with Crippen molar-refractivity contribution < 1.29 is 14.2 Å². The van der Waals surface area contributed by atoms with Crippen molar-refractivity contribution in [3.8, 4) is 11.5 Å². The van der Waals surface area contributed by atoms with Gasteiger partial charge in [-0.05, 0) is 29.8 Å². The number of anilines is 1. The molecule has 0 spiro atoms. The van der Waals surface area contributed by atoms with E-state index in [9.17, 15) is 4.39 Å². The van der Waals surface area contributed by atoms with Crippen molar-refractivity contribution in [3.63, 3.8) is 0 Å². The molecule has 17 heavy (non-hydrogen) atoms. The molecule has 0 atom stereocenters. The molecular formula is C13H12FNO2. The standard InChI is InChI=1S/C13H12FNO2/c14-11-2-1-3-12(15)13(11)17-8-9-4-6-10(16)7-5-9/h1-7,16H,8,15H2. The molecule has 0 bridgehead atoms. The third-order valence-corrected chi connectivity index (χ3v) is 2.32. The summed E-state index contributed by atoms with van der Waals surface area (Å²) >= 11 is 0. The van der Waals surface area contributed by atoms with Crippen molar-refractivity contribution in [1.82, 2.24) is 0 Å². The van der Waals surface area contributed by atoms with E-state index in [1.165, 1.54) is 12.1 Å². The SMILES string of the molecule is Nc1cccc(F)c1OCc1ccc(O)cc1. The van der Waals surface area contributed by atoms with Crippen molar-refractivity contribution in [1.29, 1.82) is 0 Å². The zero-order chi connectivity index (χ0) is 12.3. The molecule has 0 unspecified atom stereocenters. The summed E-state index contributed by atoms with van der Waals surface area (Å²) in [7, 11) is 0. The Morgan fingerprint density at radius 2 is 1.82 bits per heavy atom. The number of rotatable bonds is 3. The first kappa shape index (κ1) is 11.3. The summed E-state index contributed by atoms with van der Waals surface area (Å²) in [5.41, 5.74) is 6.70. The molecule has 2 aromatic rings. The van der Waals surface area contributed by atoms with E-state index < -0.39 is 5.82 Å². The molecule has 0 radical (unpaired) electrons. The lowest BCUT2D eigenvalue weighted by atomic mass is 10.2. The van der Waals surface area contributed by atoms with Gasteiger partial charge in [0.2, 0.25) is 0 Å². The highest BCUT2D eigenvalue weighted by molar-refractivity contribution is 5.52. The quantitative estimate of drug-likeness (QED) is 0.801. The number of aromatic hydroxyl groups is 1. The minimum Gasteiger partial charge on any atom is -0.508 e. The maximum absolute atomic E-state index is 13.4. The van der Waals surface area contributed by atoms with Gasteiger partial charge in [0.15, 0.2) is 11.6 Å². The van der Waals surface area contributed by atoms with Gasteiger partial charge in [0.05, 0.1) is 5.69 Å². The van der Waals surface area contributed by atoms with Crippen LogP contribution < -0.4 is 10.5 Å². The first-order valence-electron chi connectivity index (χ1n) is 5.11. The van der Waals surface area contributed by atoms with E-state index in [4.69, 9.17) is 15.6 Å². The van der Waals surface area contributed by atoms with Gasteiger partial charge in [-0.15, -0.1) is 0 Å². The number of nitrogen functional groups attached to an aromatic ring is 1. The Morgan fingerprint density at radius 1 is 1.12 bits per heavy atom. The lowest BCUT2D eigenvalue weighted by Crippen LogP contribution is -2.00. The number of phenols is 1. The molecular weight excluding hydrogens is 221 g/mol. The number of phenolic OH excluding ortho intramolecular Hbond substituents is 1. The highest BCUT2D eigenvalue weighted by Crippen LogP contribution is 2.25. The smallest absolute Gasteiger partial charge is 0.178 e. The Morgan fingerprint density at radius 3 is 2.47 bits per heavy atom. The van der Waals surface area contributed by atoms with Gasteiger partial charge in [-0.3, -0.25) is 0 Å². The van der Waals surface area contributed by atoms with Gasteiger partial charge in [-0.1, -0.05) is 18.2 Å². The van der Waals surface area contributed by atoms with Crippen LogP contribution in [0.3, 0.4) is 0 Å². The number of hydrogen-bond acceptors (Lipinski definition) is 3. The number of nitrogens with two attached hydrogens (primary N) is 1. The Kier molecular flexibility index (Phi) is 3.14. The van der Waals surface area contributed by atoms with E-state index in [0.29, 0.717) is 0 Å². The fourth-order valence-corrected chi connectivity index (χ4v) is 1.43. The molecule has 3 N–H and O–H groups in total.